The number of hydrogen-bond acceptors (Lipinski definition) is 4. The molecule has 0 aromatic carbocycles. The summed E-state index contributed by atoms with van der Waals surface area (Å²) >= 11 is 0. The van der Waals surface area contributed by atoms with E-state index in [1.54, 1.807) is 12.4 Å². The Bertz CT molecular complexity index is 318. The van der Waals surface area contributed by atoms with E-state index in [2.05, 4.69) is 10.3 Å². The Labute approximate surface area is 106 Å². The first kappa shape index (κ1) is 15.9. The van der Waals surface area contributed by atoms with Crippen LogP contribution >= 0.6 is 0 Å². The fourth-order valence-corrected chi connectivity index (χ4v) is 0.981. The molecule has 0 spiro atoms. The summed E-state index contributed by atoms with van der Waals surface area (Å²) in [5.74, 6) is -1.11. The monoisotopic (exact) mass is 253 g/mol. The van der Waals surface area contributed by atoms with E-state index in [9.17, 15) is 4.79 Å². The second-order valence-corrected chi connectivity index (χ2v) is 3.45. The number of nitrogens with two attached hydrogens (primary N) is 2. The quantitative estimate of drug-likeness (QED) is 0.278. The molecule has 7 N–H and O–H groups in total. The number of aliphatic carboxylic acids is 1. The molecule has 100 valence electrons. The zero-order valence-corrected chi connectivity index (χ0v) is 10.0. The first-order valence-corrected chi connectivity index (χ1v) is 5.45. The van der Waals surface area contributed by atoms with Crippen molar-refractivity contribution < 1.29 is 9.90 Å². The third kappa shape index (κ3) is 10.4. The lowest BCUT2D eigenvalue weighted by Gasteiger charge is -2.06. The van der Waals surface area contributed by atoms with E-state index in [4.69, 9.17) is 22.0 Å². The minimum Gasteiger partial charge on any atom is -0.480 e. The van der Waals surface area contributed by atoms with E-state index in [1.165, 1.54) is 0 Å². The van der Waals surface area contributed by atoms with Gasteiger partial charge in [-0.25, -0.2) is 0 Å². The molecule has 0 bridgehead atoms. The van der Waals surface area contributed by atoms with Crippen molar-refractivity contribution in [1.29, 1.82) is 5.41 Å². The lowest BCUT2D eigenvalue weighted by molar-refractivity contribution is -0.138. The molecule has 1 unspecified atom stereocenters. The predicted octanol–water partition coefficient (Wildman–Crippen LogP) is -0.257. The van der Waals surface area contributed by atoms with Crippen LogP contribution in [0.4, 0.5) is 0 Å². The third-order valence-corrected chi connectivity index (χ3v) is 1.89. The number of carboxylic acids is 1. The number of guanidine groups is 1. The van der Waals surface area contributed by atoms with Crippen LogP contribution in [0.3, 0.4) is 0 Å². The number of aromatic nitrogens is 1. The van der Waals surface area contributed by atoms with Gasteiger partial charge in [-0.3, -0.25) is 15.2 Å². The van der Waals surface area contributed by atoms with E-state index >= 15 is 0 Å². The fourth-order valence-electron chi connectivity index (χ4n) is 0.981. The molecule has 7 nitrogen and oxygen atoms in total. The minimum absolute atomic E-state index is 0.112. The molecule has 0 saturated heterocycles. The maximum atomic E-state index is 10.2. The van der Waals surface area contributed by atoms with Gasteiger partial charge in [-0.05, 0) is 25.0 Å². The number of carboxylic acid groups (broad SMARTS) is 1. The van der Waals surface area contributed by atoms with Gasteiger partial charge in [0.1, 0.15) is 6.04 Å². The molecular formula is C11H19N5O2. The molecule has 0 fully saturated rings. The lowest BCUT2D eigenvalue weighted by atomic mass is 10.2. The van der Waals surface area contributed by atoms with Crippen LogP contribution in [0.25, 0.3) is 0 Å². The summed E-state index contributed by atoms with van der Waals surface area (Å²) in [4.78, 5) is 14.0. The van der Waals surface area contributed by atoms with Gasteiger partial charge in [0.05, 0.1) is 0 Å². The van der Waals surface area contributed by atoms with Crippen molar-refractivity contribution in [2.24, 2.45) is 11.5 Å². The maximum absolute atomic E-state index is 10.2. The molecule has 1 atom stereocenters. The number of nitrogens with zero attached hydrogens (tertiary/aromatic N) is 1. The van der Waals surface area contributed by atoms with Crippen LogP contribution in [0.2, 0.25) is 0 Å². The van der Waals surface area contributed by atoms with Crippen molar-refractivity contribution in [3.63, 3.8) is 0 Å². The number of hydrogen-bond donors (Lipinski definition) is 5. The molecule has 1 aromatic heterocycles. The zero-order valence-electron chi connectivity index (χ0n) is 10.0. The molecule has 0 aliphatic carbocycles. The summed E-state index contributed by atoms with van der Waals surface area (Å²) in [6.45, 7) is 0.482. The van der Waals surface area contributed by atoms with Crippen molar-refractivity contribution in [3.8, 4) is 0 Å². The SMILES string of the molecule is N=C(N)NCCCC(N)C(=O)O.c1ccncc1. The molecule has 1 heterocycles. The first-order chi connectivity index (χ1) is 8.54. The van der Waals surface area contributed by atoms with Crippen molar-refractivity contribution in [3.05, 3.63) is 30.6 Å². The van der Waals surface area contributed by atoms with Crippen LogP contribution in [0.1, 0.15) is 12.8 Å². The second kappa shape index (κ2) is 10.0. The first-order valence-electron chi connectivity index (χ1n) is 5.45. The summed E-state index contributed by atoms with van der Waals surface area (Å²) < 4.78 is 0. The summed E-state index contributed by atoms with van der Waals surface area (Å²) in [5, 5.41) is 17.7. The standard InChI is InChI=1S/C6H14N4O2.C5H5N/c7-4(5(11)12)2-1-3-10-6(8)9;1-2-4-6-5-3-1/h4H,1-3,7H2,(H,11,12)(H4,8,9,10);1-5H. The fraction of sp³-hybridized carbons (Fsp3) is 0.364. The normalized spacial score (nSPS) is 10.7. The zero-order chi connectivity index (χ0) is 13.8. The Balaban J connectivity index is 0.000000397. The lowest BCUT2D eigenvalue weighted by Crippen LogP contribution is -2.34. The highest BCUT2D eigenvalue weighted by Crippen LogP contribution is 1.92. The summed E-state index contributed by atoms with van der Waals surface area (Å²) in [6.07, 6.45) is 4.47. The molecule has 1 aromatic rings. The maximum Gasteiger partial charge on any atom is 0.320 e. The van der Waals surface area contributed by atoms with E-state index in [0.717, 1.165) is 0 Å². The molecule has 0 aliphatic rings. The molecule has 0 radical (unpaired) electrons. The van der Waals surface area contributed by atoms with Gasteiger partial charge in [0.15, 0.2) is 5.96 Å². The Hall–Kier alpha value is -2.15. The van der Waals surface area contributed by atoms with Gasteiger partial charge in [0.25, 0.3) is 0 Å². The van der Waals surface area contributed by atoms with Gasteiger partial charge in [0.2, 0.25) is 0 Å². The topological polar surface area (TPSA) is 138 Å². The average Bonchev–Trinajstić information content (AvgIpc) is 2.37. The number of carbonyl (C=O) groups is 1. The molecule has 0 saturated carbocycles. The van der Waals surface area contributed by atoms with Crippen molar-refractivity contribution in [1.82, 2.24) is 10.3 Å². The Morgan fingerprint density at radius 3 is 2.33 bits per heavy atom. The highest BCUT2D eigenvalue weighted by atomic mass is 16.4. The summed E-state index contributed by atoms with van der Waals surface area (Å²) in [5.41, 5.74) is 10.2. The van der Waals surface area contributed by atoms with Gasteiger partial charge in [-0.2, -0.15) is 0 Å². The molecule has 18 heavy (non-hydrogen) atoms. The average molecular weight is 253 g/mol. The number of nitrogens with one attached hydrogen (secondary N) is 2. The Morgan fingerprint density at radius 1 is 1.39 bits per heavy atom. The van der Waals surface area contributed by atoms with E-state index < -0.39 is 12.0 Å². The summed E-state index contributed by atoms with van der Waals surface area (Å²) in [6, 6.07) is 4.89. The van der Waals surface area contributed by atoms with Crippen molar-refractivity contribution >= 4 is 11.9 Å². The Kier molecular flexibility index (Phi) is 8.83. The third-order valence-electron chi connectivity index (χ3n) is 1.89. The van der Waals surface area contributed by atoms with Crippen molar-refractivity contribution in [2.75, 3.05) is 6.54 Å². The van der Waals surface area contributed by atoms with Crippen LogP contribution < -0.4 is 16.8 Å². The highest BCUT2D eigenvalue weighted by molar-refractivity contribution is 5.74. The second-order valence-electron chi connectivity index (χ2n) is 3.45. The van der Waals surface area contributed by atoms with Crippen LogP contribution in [0.5, 0.6) is 0 Å². The molecular weight excluding hydrogens is 234 g/mol. The smallest absolute Gasteiger partial charge is 0.320 e. The molecule has 7 heteroatoms. The number of pyridine rings is 1. The van der Waals surface area contributed by atoms with Gasteiger partial charge >= 0.3 is 5.97 Å². The molecule has 1 rings (SSSR count). The summed E-state index contributed by atoms with van der Waals surface area (Å²) in [7, 11) is 0. The van der Waals surface area contributed by atoms with Gasteiger partial charge in [-0.1, -0.05) is 6.07 Å². The molecule has 0 aliphatic heterocycles. The predicted molar refractivity (Wildman–Crippen MR) is 69.0 cm³/mol. The van der Waals surface area contributed by atoms with Gasteiger partial charge < -0.3 is 21.9 Å². The molecule has 0 amide bonds. The van der Waals surface area contributed by atoms with Crippen LogP contribution in [0, 0.1) is 5.41 Å². The van der Waals surface area contributed by atoms with E-state index in [-0.39, 0.29) is 5.96 Å². The highest BCUT2D eigenvalue weighted by Gasteiger charge is 2.09. The van der Waals surface area contributed by atoms with Crippen molar-refractivity contribution in [2.45, 2.75) is 18.9 Å². The number of rotatable bonds is 5. The van der Waals surface area contributed by atoms with E-state index in [1.807, 2.05) is 18.2 Å². The minimum atomic E-state index is -1.00. The van der Waals surface area contributed by atoms with Crippen LogP contribution in [-0.4, -0.2) is 34.6 Å². The largest absolute Gasteiger partial charge is 0.480 e. The van der Waals surface area contributed by atoms with E-state index in [0.29, 0.717) is 19.4 Å². The van der Waals surface area contributed by atoms with Crippen LogP contribution in [0.15, 0.2) is 30.6 Å². The van der Waals surface area contributed by atoms with Gasteiger partial charge in [-0.15, -0.1) is 0 Å². The van der Waals surface area contributed by atoms with Gasteiger partial charge in [0, 0.05) is 18.9 Å². The van der Waals surface area contributed by atoms with Crippen LogP contribution in [-0.2, 0) is 4.79 Å². The Morgan fingerprint density at radius 2 is 2.00 bits per heavy atom.